The van der Waals surface area contributed by atoms with Crippen LogP contribution in [0.25, 0.3) is 0 Å². The molecule has 1 N–H and O–H groups in total. The van der Waals surface area contributed by atoms with Crippen LogP contribution in [0.15, 0.2) is 28.0 Å². The Balaban J connectivity index is 1.75. The number of rotatable bonds is 8. The summed E-state index contributed by atoms with van der Waals surface area (Å²) in [4.78, 5) is 44.3. The molecule has 5 rings (SSSR count). The SMILES string of the molecule is CCCCOc1noc2c1C(=O)[C@@]1(O[Si](C)(C)C(C)(C)C)C(O)=C3C(=O)c4c(cc(F)cc4OC(=O)OC(C)(C)C)C[C@H]3C[C@H]1[C@@H]2N(C)C. The summed E-state index contributed by atoms with van der Waals surface area (Å²) in [5.41, 5.74) is -2.61. The van der Waals surface area contributed by atoms with E-state index in [9.17, 15) is 19.1 Å². The second-order valence-electron chi connectivity index (χ2n) is 16.1. The lowest BCUT2D eigenvalue weighted by atomic mass is 9.58. The van der Waals surface area contributed by atoms with Crippen LogP contribution in [-0.2, 0) is 15.6 Å². The van der Waals surface area contributed by atoms with Gasteiger partial charge in [0.2, 0.25) is 5.78 Å². The maximum Gasteiger partial charge on any atom is 0.514 e. The van der Waals surface area contributed by atoms with Crippen molar-refractivity contribution in [3.63, 3.8) is 0 Å². The molecule has 0 aliphatic heterocycles. The number of nitrogens with zero attached hydrogens (tertiary/aromatic N) is 2. The molecule has 13 heteroatoms. The number of carbonyl (C=O) groups excluding carboxylic acids is 3. The summed E-state index contributed by atoms with van der Waals surface area (Å²) in [6, 6.07) is 1.58. The third-order valence-corrected chi connectivity index (χ3v) is 14.6. The van der Waals surface area contributed by atoms with Gasteiger partial charge in [-0.2, -0.15) is 0 Å². The minimum atomic E-state index is -2.89. The second kappa shape index (κ2) is 12.6. The number of unbranched alkanes of at least 4 members (excludes halogenated alkanes) is 1. The maximum atomic E-state index is 15.1. The average Bonchev–Trinajstić information content (AvgIpc) is 3.35. The van der Waals surface area contributed by atoms with Crippen LogP contribution in [0.1, 0.15) is 106 Å². The molecule has 4 atom stereocenters. The van der Waals surface area contributed by atoms with E-state index in [4.69, 9.17) is 23.2 Å². The lowest BCUT2D eigenvalue weighted by molar-refractivity contribution is -0.0480. The molecule has 0 bridgehead atoms. The fourth-order valence-electron chi connectivity index (χ4n) is 6.96. The van der Waals surface area contributed by atoms with Crippen molar-refractivity contribution in [2.45, 2.75) is 110 Å². The lowest BCUT2D eigenvalue weighted by Gasteiger charge is -2.55. The Kier molecular flexibility index (Phi) is 9.48. The number of fused-ring (bicyclic) bond motifs is 4. The summed E-state index contributed by atoms with van der Waals surface area (Å²) >= 11 is 0. The van der Waals surface area contributed by atoms with Gasteiger partial charge in [0.25, 0.3) is 5.88 Å². The van der Waals surface area contributed by atoms with Crippen molar-refractivity contribution in [3.05, 3.63) is 51.7 Å². The Morgan fingerprint density at radius 3 is 2.41 bits per heavy atom. The zero-order chi connectivity index (χ0) is 36.4. The molecule has 2 aromatic rings. The van der Waals surface area contributed by atoms with Crippen LogP contribution in [0, 0.1) is 17.7 Å². The zero-order valence-electron chi connectivity index (χ0n) is 30.4. The van der Waals surface area contributed by atoms with Crippen molar-refractivity contribution in [2.75, 3.05) is 20.7 Å². The smallest absolute Gasteiger partial charge is 0.508 e. The van der Waals surface area contributed by atoms with Crippen molar-refractivity contribution in [3.8, 4) is 11.6 Å². The van der Waals surface area contributed by atoms with E-state index in [0.717, 1.165) is 18.9 Å². The quantitative estimate of drug-likeness (QED) is 0.125. The van der Waals surface area contributed by atoms with Crippen LogP contribution < -0.4 is 9.47 Å². The number of ether oxygens (including phenoxy) is 3. The first-order chi connectivity index (χ1) is 22.6. The number of aliphatic hydroxyl groups is 1. The van der Waals surface area contributed by atoms with E-state index in [2.05, 4.69) is 5.16 Å². The van der Waals surface area contributed by atoms with Crippen LogP contribution in [0.3, 0.4) is 0 Å². The number of ketones is 2. The van der Waals surface area contributed by atoms with E-state index in [1.165, 1.54) is 6.07 Å². The van der Waals surface area contributed by atoms with Crippen LogP contribution in [0.5, 0.6) is 11.6 Å². The molecular formula is C36H49FN2O9Si. The topological polar surface area (TPSA) is 138 Å². The maximum absolute atomic E-state index is 15.1. The Hall–Kier alpha value is -3.55. The molecule has 49 heavy (non-hydrogen) atoms. The highest BCUT2D eigenvalue weighted by atomic mass is 28.4. The number of halogens is 1. The first-order valence-electron chi connectivity index (χ1n) is 16.9. The fourth-order valence-corrected chi connectivity index (χ4v) is 8.41. The Labute approximate surface area is 288 Å². The van der Waals surface area contributed by atoms with Crippen LogP contribution in [-0.4, -0.2) is 73.1 Å². The van der Waals surface area contributed by atoms with E-state index in [1.807, 2.05) is 59.8 Å². The van der Waals surface area contributed by atoms with Crippen molar-refractivity contribution in [1.82, 2.24) is 10.1 Å². The van der Waals surface area contributed by atoms with Gasteiger partial charge < -0.3 is 28.3 Å². The van der Waals surface area contributed by atoms with E-state index in [0.29, 0.717) is 17.9 Å². The Morgan fingerprint density at radius 2 is 1.82 bits per heavy atom. The van der Waals surface area contributed by atoms with Gasteiger partial charge in [-0.1, -0.05) is 34.1 Å². The molecule has 0 amide bonds. The zero-order valence-corrected chi connectivity index (χ0v) is 31.4. The van der Waals surface area contributed by atoms with Gasteiger partial charge in [0.15, 0.2) is 25.5 Å². The predicted molar refractivity (Wildman–Crippen MR) is 181 cm³/mol. The van der Waals surface area contributed by atoms with Crippen molar-refractivity contribution in [1.29, 1.82) is 0 Å². The Morgan fingerprint density at radius 1 is 1.14 bits per heavy atom. The van der Waals surface area contributed by atoms with Gasteiger partial charge in [-0.3, -0.25) is 14.5 Å². The molecule has 1 aromatic carbocycles. The second-order valence-corrected chi connectivity index (χ2v) is 20.8. The number of aliphatic hydroxyl groups excluding tert-OH is 1. The number of carbonyl (C=O) groups is 3. The number of hydrogen-bond donors (Lipinski definition) is 1. The third kappa shape index (κ3) is 6.33. The van der Waals surface area contributed by atoms with Gasteiger partial charge in [0, 0.05) is 17.6 Å². The monoisotopic (exact) mass is 700 g/mol. The van der Waals surface area contributed by atoms with Crippen LogP contribution in [0.2, 0.25) is 18.1 Å². The summed E-state index contributed by atoms with van der Waals surface area (Å²) in [6.07, 6.45) is 0.829. The van der Waals surface area contributed by atoms with E-state index in [-0.39, 0.29) is 41.2 Å². The lowest BCUT2D eigenvalue weighted by Crippen LogP contribution is -2.65. The van der Waals surface area contributed by atoms with Crippen LogP contribution >= 0.6 is 0 Å². The molecule has 0 saturated carbocycles. The first-order valence-corrected chi connectivity index (χ1v) is 19.8. The molecule has 0 saturated heterocycles. The Bertz CT molecular complexity index is 1700. The predicted octanol–water partition coefficient (Wildman–Crippen LogP) is 7.75. The fraction of sp³-hybridized carbons (Fsp3) is 0.611. The first kappa shape index (κ1) is 36.7. The molecule has 1 aromatic heterocycles. The summed E-state index contributed by atoms with van der Waals surface area (Å²) in [7, 11) is 0.791. The molecule has 0 radical (unpaired) electrons. The largest absolute Gasteiger partial charge is 0.514 e. The van der Waals surface area contributed by atoms with E-state index < -0.39 is 71.7 Å². The molecule has 3 aliphatic rings. The van der Waals surface area contributed by atoms with Gasteiger partial charge in [-0.05, 0) is 95.0 Å². The van der Waals surface area contributed by atoms with E-state index in [1.54, 1.807) is 20.8 Å². The molecule has 268 valence electrons. The summed E-state index contributed by atoms with van der Waals surface area (Å²) in [5.74, 6) is -3.81. The molecule has 0 fully saturated rings. The normalized spacial score (nSPS) is 23.9. The summed E-state index contributed by atoms with van der Waals surface area (Å²) < 4.78 is 44.6. The van der Waals surface area contributed by atoms with Gasteiger partial charge in [-0.15, -0.1) is 0 Å². The highest BCUT2D eigenvalue weighted by molar-refractivity contribution is 6.74. The number of Topliss-reactive ketones (excluding diaryl/α,β-unsaturated/α-hetero) is 2. The number of allylic oxidation sites excluding steroid dienone is 1. The molecule has 1 heterocycles. The third-order valence-electron chi connectivity index (χ3n) is 10.2. The van der Waals surface area contributed by atoms with E-state index >= 15 is 4.79 Å². The molecule has 3 aliphatic carbocycles. The number of aromatic nitrogens is 1. The molecule has 0 unspecified atom stereocenters. The summed E-state index contributed by atoms with van der Waals surface area (Å²) in [5, 5.41) is 16.4. The van der Waals surface area contributed by atoms with Crippen molar-refractivity contribution < 1.29 is 47.0 Å². The minimum Gasteiger partial charge on any atom is -0.508 e. The highest BCUT2D eigenvalue weighted by Crippen LogP contribution is 2.59. The standard InChI is InChI=1S/C36H49FN2O9Si/c1-12-13-14-44-32-26-29(47-38-32)27(39(8)9)22-17-20-15-19-16-21(37)18-23(45-33(43)46-34(2,3)4)24(19)28(40)25(20)30(41)36(22,31(26)42)48-49(10,11)35(5,6)7/h16,18,20,22,27,41H,12-15,17H2,1-11H3/t20-,22-,27-,36-/m0/s1. The number of hydrogen-bond acceptors (Lipinski definition) is 11. The summed E-state index contributed by atoms with van der Waals surface area (Å²) in [6.45, 7) is 17.3. The minimum absolute atomic E-state index is 0.0146. The van der Waals surface area contributed by atoms with Gasteiger partial charge in [-0.25, -0.2) is 9.18 Å². The van der Waals surface area contributed by atoms with Crippen molar-refractivity contribution in [2.24, 2.45) is 11.8 Å². The molecular weight excluding hydrogens is 651 g/mol. The highest BCUT2D eigenvalue weighted by Gasteiger charge is 2.67. The van der Waals surface area contributed by atoms with Gasteiger partial charge in [0.05, 0.1) is 18.2 Å². The average molecular weight is 701 g/mol. The molecule has 0 spiro atoms. The van der Waals surface area contributed by atoms with Gasteiger partial charge >= 0.3 is 6.16 Å². The van der Waals surface area contributed by atoms with Crippen molar-refractivity contribution >= 4 is 26.0 Å². The number of benzene rings is 1. The van der Waals surface area contributed by atoms with Gasteiger partial charge in [0.1, 0.15) is 28.5 Å². The molecule has 11 nitrogen and oxygen atoms in total. The van der Waals surface area contributed by atoms with Crippen LogP contribution in [0.4, 0.5) is 9.18 Å².